The molecule has 8 heteroatoms. The number of ether oxygens (including phenoxy) is 1. The summed E-state index contributed by atoms with van der Waals surface area (Å²) in [6.45, 7) is 1.66. The van der Waals surface area contributed by atoms with Crippen molar-refractivity contribution < 1.29 is 31.8 Å². The van der Waals surface area contributed by atoms with Crippen LogP contribution >= 0.6 is 0 Å². The van der Waals surface area contributed by atoms with Gasteiger partial charge < -0.3 is 9.84 Å². The predicted molar refractivity (Wildman–Crippen MR) is 88.0 cm³/mol. The number of rotatable bonds is 2. The highest BCUT2D eigenvalue weighted by atomic mass is 19.3. The minimum atomic E-state index is -4.66. The topological polar surface area (TPSA) is 53.2 Å². The van der Waals surface area contributed by atoms with Crippen molar-refractivity contribution in [3.05, 3.63) is 58.4 Å². The molecule has 0 bridgehead atoms. The van der Waals surface area contributed by atoms with E-state index in [9.17, 15) is 27.1 Å². The molecule has 2 atom stereocenters. The Morgan fingerprint density at radius 2 is 1.89 bits per heavy atom. The second-order valence-electron chi connectivity index (χ2n) is 7.24. The van der Waals surface area contributed by atoms with Gasteiger partial charge in [-0.15, -0.1) is 0 Å². The van der Waals surface area contributed by atoms with E-state index in [1.807, 2.05) is 0 Å². The molecule has 3 nitrogen and oxygen atoms in total. The summed E-state index contributed by atoms with van der Waals surface area (Å²) in [5, 5.41) is 19.5. The van der Waals surface area contributed by atoms with E-state index in [1.54, 1.807) is 13.0 Å². The zero-order valence-electron chi connectivity index (χ0n) is 14.6. The Morgan fingerprint density at radius 1 is 1.18 bits per heavy atom. The van der Waals surface area contributed by atoms with E-state index in [0.29, 0.717) is 0 Å². The van der Waals surface area contributed by atoms with Gasteiger partial charge in [0.1, 0.15) is 17.3 Å². The number of benzene rings is 2. The lowest BCUT2D eigenvalue weighted by Gasteiger charge is -2.38. The molecule has 0 amide bonds. The van der Waals surface area contributed by atoms with Crippen LogP contribution in [0.4, 0.5) is 22.0 Å². The molecule has 0 saturated heterocycles. The molecule has 2 aliphatic rings. The highest BCUT2D eigenvalue weighted by molar-refractivity contribution is 5.59. The summed E-state index contributed by atoms with van der Waals surface area (Å²) in [6.07, 6.45) is -0.472. The van der Waals surface area contributed by atoms with Gasteiger partial charge in [-0.05, 0) is 43.0 Å². The van der Waals surface area contributed by atoms with Gasteiger partial charge in [0.05, 0.1) is 11.6 Å². The van der Waals surface area contributed by atoms with Gasteiger partial charge in [0.15, 0.2) is 5.60 Å². The Balaban J connectivity index is 1.91. The van der Waals surface area contributed by atoms with E-state index in [1.165, 1.54) is 6.07 Å². The standard InChI is InChI=1S/C20H14F5NO2/c1-10-4-5-18(27)17-14(19(22,23)20(18,24)25)2-3-15(16(10)17)28-13-7-11(9-26)6-12(21)8-13/h2-3,6-8,10,27H,4-5H2,1H3/t10-,18-/m0/s1. The number of alkyl halides is 4. The smallest absolute Gasteiger partial charge is 0.346 e. The first kappa shape index (κ1) is 18.7. The van der Waals surface area contributed by atoms with Crippen LogP contribution in [0.2, 0.25) is 0 Å². The van der Waals surface area contributed by atoms with E-state index in [4.69, 9.17) is 10.00 Å². The molecule has 4 rings (SSSR count). The van der Waals surface area contributed by atoms with E-state index in [0.717, 1.165) is 24.3 Å². The summed E-state index contributed by atoms with van der Waals surface area (Å²) in [6, 6.07) is 6.90. The minimum absolute atomic E-state index is 0.0209. The first-order valence-corrected chi connectivity index (χ1v) is 8.57. The van der Waals surface area contributed by atoms with Gasteiger partial charge in [-0.2, -0.15) is 22.8 Å². The first-order chi connectivity index (χ1) is 13.0. The number of nitrogens with zero attached hydrogens (tertiary/aromatic N) is 1. The van der Waals surface area contributed by atoms with E-state index < -0.39 is 46.7 Å². The van der Waals surface area contributed by atoms with Crippen molar-refractivity contribution in [2.45, 2.75) is 43.1 Å². The van der Waals surface area contributed by atoms with Crippen LogP contribution in [0.25, 0.3) is 0 Å². The largest absolute Gasteiger partial charge is 0.457 e. The van der Waals surface area contributed by atoms with Crippen LogP contribution in [0.3, 0.4) is 0 Å². The lowest BCUT2D eigenvalue weighted by atomic mass is 9.74. The third-order valence-electron chi connectivity index (χ3n) is 5.53. The number of halogens is 5. The summed E-state index contributed by atoms with van der Waals surface area (Å²) in [5.74, 6) is -10.5. The zero-order valence-corrected chi connectivity index (χ0v) is 14.6. The monoisotopic (exact) mass is 395 g/mol. The van der Waals surface area contributed by atoms with Gasteiger partial charge in [0, 0.05) is 22.8 Å². The fraction of sp³-hybridized carbons (Fsp3) is 0.350. The van der Waals surface area contributed by atoms with Gasteiger partial charge >= 0.3 is 11.8 Å². The average molecular weight is 395 g/mol. The van der Waals surface area contributed by atoms with E-state index in [2.05, 4.69) is 0 Å². The van der Waals surface area contributed by atoms with Crippen molar-refractivity contribution in [3.8, 4) is 17.6 Å². The molecule has 28 heavy (non-hydrogen) atoms. The SMILES string of the molecule is C[C@H]1CC[C@]2(O)c3c(ccc(Oc4cc(F)cc(C#N)c4)c31)C(F)(F)C2(F)F. The highest BCUT2D eigenvalue weighted by Gasteiger charge is 2.77. The lowest BCUT2D eigenvalue weighted by Crippen LogP contribution is -2.50. The quantitative estimate of drug-likeness (QED) is 0.701. The molecule has 0 radical (unpaired) electrons. The lowest BCUT2D eigenvalue weighted by molar-refractivity contribution is -0.289. The van der Waals surface area contributed by atoms with Gasteiger partial charge in [-0.25, -0.2) is 4.39 Å². The second-order valence-corrected chi connectivity index (χ2v) is 7.24. The Kier molecular flexibility index (Phi) is 3.79. The Morgan fingerprint density at radius 3 is 2.57 bits per heavy atom. The van der Waals surface area contributed by atoms with Crippen molar-refractivity contribution in [1.29, 1.82) is 5.26 Å². The maximum absolute atomic E-state index is 14.5. The van der Waals surface area contributed by atoms with Crippen molar-refractivity contribution in [2.24, 2.45) is 0 Å². The van der Waals surface area contributed by atoms with Gasteiger partial charge in [-0.3, -0.25) is 0 Å². The van der Waals surface area contributed by atoms with Crippen molar-refractivity contribution in [2.75, 3.05) is 0 Å². The number of nitriles is 1. The van der Waals surface area contributed by atoms with Crippen molar-refractivity contribution in [3.63, 3.8) is 0 Å². The van der Waals surface area contributed by atoms with Crippen LogP contribution in [0.15, 0.2) is 30.3 Å². The maximum atomic E-state index is 14.5. The number of hydrogen-bond acceptors (Lipinski definition) is 3. The molecule has 0 unspecified atom stereocenters. The fourth-order valence-electron chi connectivity index (χ4n) is 4.14. The van der Waals surface area contributed by atoms with Gasteiger partial charge in [-0.1, -0.05) is 6.92 Å². The van der Waals surface area contributed by atoms with Crippen LogP contribution in [-0.2, 0) is 11.5 Å². The van der Waals surface area contributed by atoms with Crippen LogP contribution in [-0.4, -0.2) is 11.0 Å². The third kappa shape index (κ3) is 2.23. The molecule has 146 valence electrons. The van der Waals surface area contributed by atoms with Gasteiger partial charge in [0.2, 0.25) is 0 Å². The Labute approximate surface area is 157 Å². The molecular weight excluding hydrogens is 381 g/mol. The summed E-state index contributed by atoms with van der Waals surface area (Å²) in [7, 11) is 0. The molecule has 1 N–H and O–H groups in total. The van der Waals surface area contributed by atoms with Crippen LogP contribution in [0, 0.1) is 17.1 Å². The molecule has 2 aromatic rings. The molecule has 0 saturated carbocycles. The Hall–Kier alpha value is -2.66. The highest BCUT2D eigenvalue weighted by Crippen LogP contribution is 2.66. The molecular formula is C20H14F5NO2. The van der Waals surface area contributed by atoms with Crippen LogP contribution < -0.4 is 4.74 Å². The zero-order chi connectivity index (χ0) is 20.5. The summed E-state index contributed by atoms with van der Waals surface area (Å²) >= 11 is 0. The fourth-order valence-corrected chi connectivity index (χ4v) is 4.14. The molecule has 0 spiro atoms. The number of hydrogen-bond donors (Lipinski definition) is 1. The van der Waals surface area contributed by atoms with Crippen molar-refractivity contribution in [1.82, 2.24) is 0 Å². The minimum Gasteiger partial charge on any atom is -0.457 e. The summed E-state index contributed by atoms with van der Waals surface area (Å²) < 4.78 is 77.0. The van der Waals surface area contributed by atoms with Gasteiger partial charge in [0.25, 0.3) is 0 Å². The molecule has 0 fully saturated rings. The van der Waals surface area contributed by atoms with Crippen LogP contribution in [0.5, 0.6) is 11.5 Å². The molecule has 2 aliphatic carbocycles. The molecule has 0 aromatic heterocycles. The predicted octanol–water partition coefficient (Wildman–Crippen LogP) is 5.32. The first-order valence-electron chi connectivity index (χ1n) is 8.57. The molecule has 0 heterocycles. The molecule has 2 aromatic carbocycles. The maximum Gasteiger partial charge on any atom is 0.346 e. The van der Waals surface area contributed by atoms with Crippen molar-refractivity contribution >= 4 is 0 Å². The molecule has 0 aliphatic heterocycles. The third-order valence-corrected chi connectivity index (χ3v) is 5.53. The van der Waals surface area contributed by atoms with E-state index >= 15 is 0 Å². The average Bonchev–Trinajstić information content (AvgIpc) is 2.74. The summed E-state index contributed by atoms with van der Waals surface area (Å²) in [5.41, 5.74) is -4.42. The van der Waals surface area contributed by atoms with E-state index in [-0.39, 0.29) is 29.0 Å². The number of aliphatic hydroxyl groups is 1. The normalized spacial score (nSPS) is 26.4. The van der Waals surface area contributed by atoms with Crippen LogP contribution in [0.1, 0.15) is 47.9 Å². The summed E-state index contributed by atoms with van der Waals surface area (Å²) in [4.78, 5) is 0. The Bertz CT molecular complexity index is 1030. The second kappa shape index (κ2) is 5.67.